The summed E-state index contributed by atoms with van der Waals surface area (Å²) in [6.45, 7) is 1.66. The topological polar surface area (TPSA) is 53.1 Å². The highest BCUT2D eigenvalue weighted by molar-refractivity contribution is 5.29. The quantitative estimate of drug-likeness (QED) is 0.846. The lowest BCUT2D eigenvalue weighted by Crippen LogP contribution is -2.07. The number of ether oxygens (including phenoxy) is 1. The van der Waals surface area contributed by atoms with Crippen molar-refractivity contribution in [2.75, 3.05) is 13.2 Å². The fourth-order valence-electron chi connectivity index (χ4n) is 1.70. The van der Waals surface area contributed by atoms with Crippen molar-refractivity contribution < 1.29 is 9.13 Å². The van der Waals surface area contributed by atoms with Crippen molar-refractivity contribution in [2.24, 2.45) is 5.73 Å². The molecule has 5 heteroatoms. The maximum Gasteiger partial charge on any atom is 0.127 e. The Labute approximate surface area is 105 Å². The van der Waals surface area contributed by atoms with Gasteiger partial charge in [0, 0.05) is 18.5 Å². The van der Waals surface area contributed by atoms with E-state index in [1.165, 1.54) is 12.1 Å². The number of hydrogen-bond donors (Lipinski definition) is 1. The first-order chi connectivity index (χ1) is 8.78. The van der Waals surface area contributed by atoms with Crippen LogP contribution in [-0.2, 0) is 13.0 Å². The van der Waals surface area contributed by atoms with E-state index in [0.717, 1.165) is 5.56 Å². The van der Waals surface area contributed by atoms with E-state index in [4.69, 9.17) is 10.5 Å². The van der Waals surface area contributed by atoms with Crippen LogP contribution in [0.5, 0.6) is 5.75 Å². The molecule has 0 unspecified atom stereocenters. The van der Waals surface area contributed by atoms with E-state index in [1.54, 1.807) is 12.5 Å². The molecule has 0 bridgehead atoms. The molecule has 1 heterocycles. The van der Waals surface area contributed by atoms with Crippen LogP contribution >= 0.6 is 0 Å². The van der Waals surface area contributed by atoms with Crippen molar-refractivity contribution in [3.8, 4) is 5.75 Å². The van der Waals surface area contributed by atoms with Crippen molar-refractivity contribution in [2.45, 2.75) is 13.0 Å². The zero-order valence-electron chi connectivity index (χ0n) is 10.1. The third kappa shape index (κ3) is 3.56. The molecule has 96 valence electrons. The molecule has 0 aliphatic carbocycles. The van der Waals surface area contributed by atoms with E-state index in [1.807, 2.05) is 16.8 Å². The van der Waals surface area contributed by atoms with E-state index >= 15 is 0 Å². The molecule has 1 aromatic heterocycles. The summed E-state index contributed by atoms with van der Waals surface area (Å²) in [5, 5.41) is 0. The van der Waals surface area contributed by atoms with Gasteiger partial charge in [0.15, 0.2) is 0 Å². The smallest absolute Gasteiger partial charge is 0.127 e. The highest BCUT2D eigenvalue weighted by Gasteiger charge is 2.01. The number of nitrogens with two attached hydrogens (primary N) is 1. The molecular weight excluding hydrogens is 233 g/mol. The van der Waals surface area contributed by atoms with Crippen molar-refractivity contribution in [1.29, 1.82) is 0 Å². The highest BCUT2D eigenvalue weighted by atomic mass is 19.1. The fourth-order valence-corrected chi connectivity index (χ4v) is 1.70. The second kappa shape index (κ2) is 6.16. The Morgan fingerprint density at radius 1 is 1.33 bits per heavy atom. The summed E-state index contributed by atoms with van der Waals surface area (Å²) in [5.41, 5.74) is 6.31. The molecular formula is C13H16FN3O. The average molecular weight is 249 g/mol. The molecule has 0 saturated carbocycles. The van der Waals surface area contributed by atoms with Gasteiger partial charge in [-0.15, -0.1) is 0 Å². The summed E-state index contributed by atoms with van der Waals surface area (Å²) < 4.78 is 20.7. The summed E-state index contributed by atoms with van der Waals surface area (Å²) in [4.78, 5) is 3.93. The predicted molar refractivity (Wildman–Crippen MR) is 66.9 cm³/mol. The van der Waals surface area contributed by atoms with Crippen molar-refractivity contribution >= 4 is 0 Å². The van der Waals surface area contributed by atoms with Gasteiger partial charge in [-0.25, -0.2) is 9.37 Å². The maximum atomic E-state index is 13.3. The monoisotopic (exact) mass is 249 g/mol. The van der Waals surface area contributed by atoms with Crippen LogP contribution in [0.4, 0.5) is 4.39 Å². The molecule has 0 amide bonds. The SMILES string of the molecule is NCCc1cc(F)cc(OCCn2ccnc2)c1. The Balaban J connectivity index is 1.92. The zero-order chi connectivity index (χ0) is 12.8. The minimum absolute atomic E-state index is 0.293. The lowest BCUT2D eigenvalue weighted by molar-refractivity contribution is 0.296. The molecule has 2 aromatic rings. The summed E-state index contributed by atoms with van der Waals surface area (Å²) >= 11 is 0. The first kappa shape index (κ1) is 12.6. The standard InChI is InChI=1S/C13H16FN3O/c14-12-7-11(1-2-15)8-13(9-12)18-6-5-17-4-3-16-10-17/h3-4,7-10H,1-2,5-6,15H2. The van der Waals surface area contributed by atoms with E-state index < -0.39 is 0 Å². The van der Waals surface area contributed by atoms with Gasteiger partial charge in [0.1, 0.15) is 18.2 Å². The Bertz CT molecular complexity index is 485. The van der Waals surface area contributed by atoms with Gasteiger partial charge in [0.25, 0.3) is 0 Å². The molecule has 0 fully saturated rings. The van der Waals surface area contributed by atoms with Gasteiger partial charge in [0.05, 0.1) is 12.9 Å². The van der Waals surface area contributed by atoms with Gasteiger partial charge in [-0.3, -0.25) is 0 Å². The number of aromatic nitrogens is 2. The van der Waals surface area contributed by atoms with Crippen molar-refractivity contribution in [3.05, 3.63) is 48.3 Å². The third-order valence-corrected chi connectivity index (χ3v) is 2.54. The van der Waals surface area contributed by atoms with Crippen LogP contribution in [0.15, 0.2) is 36.9 Å². The summed E-state index contributed by atoms with van der Waals surface area (Å²) in [5.74, 6) is 0.247. The van der Waals surface area contributed by atoms with Crippen LogP contribution < -0.4 is 10.5 Å². The van der Waals surface area contributed by atoms with Crippen LogP contribution in [0.1, 0.15) is 5.56 Å². The molecule has 0 aliphatic heterocycles. The van der Waals surface area contributed by atoms with Gasteiger partial charge in [-0.05, 0) is 30.7 Å². The minimum atomic E-state index is -0.293. The van der Waals surface area contributed by atoms with Crippen molar-refractivity contribution in [3.63, 3.8) is 0 Å². The Morgan fingerprint density at radius 3 is 2.94 bits per heavy atom. The van der Waals surface area contributed by atoms with E-state index in [9.17, 15) is 4.39 Å². The van der Waals surface area contributed by atoms with Crippen LogP contribution in [0.3, 0.4) is 0 Å². The van der Waals surface area contributed by atoms with E-state index in [2.05, 4.69) is 4.98 Å². The van der Waals surface area contributed by atoms with E-state index in [-0.39, 0.29) is 5.82 Å². The zero-order valence-corrected chi connectivity index (χ0v) is 10.1. The van der Waals surface area contributed by atoms with E-state index in [0.29, 0.717) is 31.9 Å². The summed E-state index contributed by atoms with van der Waals surface area (Å²) in [7, 11) is 0. The van der Waals surface area contributed by atoms with Gasteiger partial charge in [-0.2, -0.15) is 0 Å². The number of nitrogens with zero attached hydrogens (tertiary/aromatic N) is 2. The average Bonchev–Trinajstić information content (AvgIpc) is 2.82. The predicted octanol–water partition coefficient (Wildman–Crippen LogP) is 1.60. The Morgan fingerprint density at radius 2 is 2.22 bits per heavy atom. The Hall–Kier alpha value is -1.88. The van der Waals surface area contributed by atoms with Gasteiger partial charge in [0.2, 0.25) is 0 Å². The highest BCUT2D eigenvalue weighted by Crippen LogP contribution is 2.16. The normalized spacial score (nSPS) is 10.6. The van der Waals surface area contributed by atoms with Gasteiger partial charge >= 0.3 is 0 Å². The summed E-state index contributed by atoms with van der Waals surface area (Å²) in [6, 6.07) is 4.69. The lowest BCUT2D eigenvalue weighted by atomic mass is 10.1. The number of rotatable bonds is 6. The number of imidazole rings is 1. The van der Waals surface area contributed by atoms with Crippen molar-refractivity contribution in [1.82, 2.24) is 9.55 Å². The summed E-state index contributed by atoms with van der Waals surface area (Å²) in [6.07, 6.45) is 5.93. The first-order valence-corrected chi connectivity index (χ1v) is 5.86. The van der Waals surface area contributed by atoms with Crippen LogP contribution in [0.2, 0.25) is 0 Å². The molecule has 1 aromatic carbocycles. The number of halogens is 1. The van der Waals surface area contributed by atoms with Crippen LogP contribution in [-0.4, -0.2) is 22.7 Å². The molecule has 0 atom stereocenters. The van der Waals surface area contributed by atoms with Gasteiger partial charge in [-0.1, -0.05) is 0 Å². The second-order valence-electron chi connectivity index (χ2n) is 3.98. The number of hydrogen-bond acceptors (Lipinski definition) is 3. The van der Waals surface area contributed by atoms with Gasteiger partial charge < -0.3 is 15.0 Å². The minimum Gasteiger partial charge on any atom is -0.492 e. The molecule has 2 rings (SSSR count). The molecule has 0 saturated heterocycles. The largest absolute Gasteiger partial charge is 0.492 e. The Kier molecular flexibility index (Phi) is 4.30. The molecule has 2 N–H and O–H groups in total. The molecule has 4 nitrogen and oxygen atoms in total. The molecule has 0 radical (unpaired) electrons. The lowest BCUT2D eigenvalue weighted by Gasteiger charge is -2.08. The maximum absolute atomic E-state index is 13.3. The fraction of sp³-hybridized carbons (Fsp3) is 0.308. The molecule has 0 aliphatic rings. The van der Waals surface area contributed by atoms with Crippen LogP contribution in [0, 0.1) is 5.82 Å². The molecule has 0 spiro atoms. The number of benzene rings is 1. The third-order valence-electron chi connectivity index (χ3n) is 2.54. The molecule has 18 heavy (non-hydrogen) atoms. The van der Waals surface area contributed by atoms with Crippen LogP contribution in [0.25, 0.3) is 0 Å². The second-order valence-corrected chi connectivity index (χ2v) is 3.98. The first-order valence-electron chi connectivity index (χ1n) is 5.86.